The topological polar surface area (TPSA) is 44.8 Å². The van der Waals surface area contributed by atoms with Crippen LogP contribution in [0, 0.1) is 12.3 Å². The normalized spacial score (nSPS) is 23.9. The first-order chi connectivity index (χ1) is 8.66. The largest absolute Gasteiger partial charge is 0.468 e. The van der Waals surface area contributed by atoms with Crippen molar-refractivity contribution in [3.05, 3.63) is 21.9 Å². The van der Waals surface area contributed by atoms with Gasteiger partial charge in [0.2, 0.25) is 0 Å². The minimum absolute atomic E-state index is 0.176. The fourth-order valence-corrected chi connectivity index (χ4v) is 4.09. The van der Waals surface area contributed by atoms with Crippen LogP contribution >= 0.6 is 11.3 Å². The van der Waals surface area contributed by atoms with E-state index >= 15 is 0 Å². The average molecular weight is 268 g/mol. The lowest BCUT2D eigenvalue weighted by molar-refractivity contribution is -0.237. The SMILES string of the molecule is COC(=O)C1(C2(c3sccc3C)COC2)COC1. The third-order valence-electron chi connectivity index (χ3n) is 4.18. The number of hydrogen-bond donors (Lipinski definition) is 0. The Morgan fingerprint density at radius 1 is 1.33 bits per heavy atom. The summed E-state index contributed by atoms with van der Waals surface area (Å²) in [5.74, 6) is -0.176. The van der Waals surface area contributed by atoms with E-state index < -0.39 is 5.41 Å². The summed E-state index contributed by atoms with van der Waals surface area (Å²) in [5.41, 5.74) is 0.408. The Labute approximate surface area is 110 Å². The van der Waals surface area contributed by atoms with Gasteiger partial charge >= 0.3 is 5.97 Å². The van der Waals surface area contributed by atoms with Crippen LogP contribution in [-0.4, -0.2) is 39.5 Å². The van der Waals surface area contributed by atoms with Gasteiger partial charge in [0.25, 0.3) is 0 Å². The summed E-state index contributed by atoms with van der Waals surface area (Å²) in [5, 5.41) is 2.06. The zero-order chi connectivity index (χ0) is 12.8. The number of ether oxygens (including phenoxy) is 3. The predicted molar refractivity (Wildman–Crippen MR) is 66.8 cm³/mol. The Morgan fingerprint density at radius 3 is 2.33 bits per heavy atom. The first kappa shape index (κ1) is 12.1. The van der Waals surface area contributed by atoms with Crippen LogP contribution in [0.5, 0.6) is 0 Å². The quantitative estimate of drug-likeness (QED) is 0.780. The molecule has 1 aromatic rings. The number of thiophene rings is 1. The van der Waals surface area contributed by atoms with Crippen molar-refractivity contribution >= 4 is 17.3 Å². The monoisotopic (exact) mass is 268 g/mol. The molecule has 2 aliphatic heterocycles. The van der Waals surface area contributed by atoms with Crippen molar-refractivity contribution in [3.8, 4) is 0 Å². The summed E-state index contributed by atoms with van der Waals surface area (Å²) < 4.78 is 15.8. The van der Waals surface area contributed by atoms with Gasteiger partial charge in [-0.2, -0.15) is 0 Å². The molecule has 2 aliphatic rings. The van der Waals surface area contributed by atoms with E-state index in [-0.39, 0.29) is 11.4 Å². The van der Waals surface area contributed by atoms with Crippen molar-refractivity contribution < 1.29 is 19.0 Å². The molecule has 0 amide bonds. The zero-order valence-corrected chi connectivity index (χ0v) is 11.3. The summed E-state index contributed by atoms with van der Waals surface area (Å²) in [6.45, 7) is 4.09. The Morgan fingerprint density at radius 2 is 2.00 bits per heavy atom. The molecule has 0 saturated carbocycles. The van der Waals surface area contributed by atoms with E-state index in [1.165, 1.54) is 17.6 Å². The number of hydrogen-bond acceptors (Lipinski definition) is 5. The van der Waals surface area contributed by atoms with E-state index in [4.69, 9.17) is 14.2 Å². The maximum Gasteiger partial charge on any atom is 0.317 e. The highest BCUT2D eigenvalue weighted by Gasteiger charge is 2.67. The van der Waals surface area contributed by atoms with E-state index in [9.17, 15) is 4.79 Å². The fourth-order valence-electron chi connectivity index (χ4n) is 2.88. The summed E-state index contributed by atoms with van der Waals surface area (Å²) in [4.78, 5) is 13.4. The number of aryl methyl sites for hydroxylation is 1. The standard InChI is InChI=1S/C13H16O4S/c1-9-3-4-18-10(9)12(5-16-6-12)13(7-17-8-13)11(14)15-2/h3-4H,5-8H2,1-2H3. The zero-order valence-electron chi connectivity index (χ0n) is 10.5. The van der Waals surface area contributed by atoms with Crippen LogP contribution in [0.4, 0.5) is 0 Å². The molecular weight excluding hydrogens is 252 g/mol. The van der Waals surface area contributed by atoms with E-state index in [2.05, 4.69) is 18.4 Å². The first-order valence-electron chi connectivity index (χ1n) is 5.95. The Bertz CT molecular complexity index is 471. The summed E-state index contributed by atoms with van der Waals surface area (Å²) >= 11 is 1.69. The molecular formula is C13H16O4S. The van der Waals surface area contributed by atoms with E-state index in [0.29, 0.717) is 26.4 Å². The van der Waals surface area contributed by atoms with Crippen LogP contribution in [0.15, 0.2) is 11.4 Å². The molecule has 0 N–H and O–H groups in total. The van der Waals surface area contributed by atoms with Crippen LogP contribution in [0.25, 0.3) is 0 Å². The summed E-state index contributed by atoms with van der Waals surface area (Å²) in [6.07, 6.45) is 0. The lowest BCUT2D eigenvalue weighted by atomic mass is 9.59. The lowest BCUT2D eigenvalue weighted by Crippen LogP contribution is -2.70. The van der Waals surface area contributed by atoms with Gasteiger partial charge in [-0.3, -0.25) is 4.79 Å². The van der Waals surface area contributed by atoms with Crippen LogP contribution in [0.1, 0.15) is 10.4 Å². The van der Waals surface area contributed by atoms with E-state index in [1.54, 1.807) is 11.3 Å². The minimum atomic E-state index is -0.560. The maximum absolute atomic E-state index is 12.2. The number of rotatable bonds is 3. The van der Waals surface area contributed by atoms with Crippen molar-refractivity contribution in [1.29, 1.82) is 0 Å². The molecule has 0 unspecified atom stereocenters. The highest BCUT2D eigenvalue weighted by atomic mass is 32.1. The van der Waals surface area contributed by atoms with Gasteiger partial charge in [0.15, 0.2) is 0 Å². The summed E-state index contributed by atoms with van der Waals surface area (Å²) in [7, 11) is 1.44. The molecule has 0 aliphatic carbocycles. The summed E-state index contributed by atoms with van der Waals surface area (Å²) in [6, 6.07) is 2.09. The van der Waals surface area contributed by atoms with Crippen molar-refractivity contribution in [2.75, 3.05) is 33.5 Å². The number of esters is 1. The van der Waals surface area contributed by atoms with Crippen LogP contribution < -0.4 is 0 Å². The Balaban J connectivity index is 2.06. The van der Waals surface area contributed by atoms with Crippen LogP contribution in [0.3, 0.4) is 0 Å². The first-order valence-corrected chi connectivity index (χ1v) is 6.83. The molecule has 4 nitrogen and oxygen atoms in total. The van der Waals surface area contributed by atoms with Gasteiger partial charge in [0, 0.05) is 4.88 Å². The van der Waals surface area contributed by atoms with Crippen molar-refractivity contribution in [2.45, 2.75) is 12.3 Å². The maximum atomic E-state index is 12.2. The molecule has 18 heavy (non-hydrogen) atoms. The van der Waals surface area contributed by atoms with Gasteiger partial charge in [0.05, 0.1) is 39.0 Å². The molecule has 1 aromatic heterocycles. The van der Waals surface area contributed by atoms with Gasteiger partial charge in [-0.15, -0.1) is 11.3 Å². The van der Waals surface area contributed by atoms with Crippen molar-refractivity contribution in [1.82, 2.24) is 0 Å². The fraction of sp³-hybridized carbons (Fsp3) is 0.615. The van der Waals surface area contributed by atoms with Crippen molar-refractivity contribution in [3.63, 3.8) is 0 Å². The highest BCUT2D eigenvalue weighted by Crippen LogP contribution is 2.54. The molecule has 0 spiro atoms. The lowest BCUT2D eigenvalue weighted by Gasteiger charge is -2.56. The number of carbonyl (C=O) groups is 1. The molecule has 0 atom stereocenters. The molecule has 0 aromatic carbocycles. The molecule has 0 radical (unpaired) electrons. The number of methoxy groups -OCH3 is 1. The number of carbonyl (C=O) groups excluding carboxylic acids is 1. The van der Waals surface area contributed by atoms with E-state index in [0.717, 1.165) is 0 Å². The molecule has 0 bridgehead atoms. The van der Waals surface area contributed by atoms with Crippen LogP contribution in [-0.2, 0) is 24.4 Å². The highest BCUT2D eigenvalue weighted by molar-refractivity contribution is 7.10. The second-order valence-electron chi connectivity index (χ2n) is 5.07. The van der Waals surface area contributed by atoms with Gasteiger partial charge in [-0.1, -0.05) is 0 Å². The van der Waals surface area contributed by atoms with Crippen molar-refractivity contribution in [2.24, 2.45) is 5.41 Å². The second-order valence-corrected chi connectivity index (χ2v) is 5.99. The molecule has 2 fully saturated rings. The van der Waals surface area contributed by atoms with E-state index in [1.807, 2.05) is 0 Å². The Kier molecular flexibility index (Phi) is 2.73. The molecule has 2 saturated heterocycles. The van der Waals surface area contributed by atoms with Gasteiger partial charge < -0.3 is 14.2 Å². The smallest absolute Gasteiger partial charge is 0.317 e. The predicted octanol–water partition coefficient (Wildman–Crippen LogP) is 1.51. The third-order valence-corrected chi connectivity index (χ3v) is 5.40. The molecule has 98 valence electrons. The average Bonchev–Trinajstić information content (AvgIpc) is 2.66. The van der Waals surface area contributed by atoms with Gasteiger partial charge in [0.1, 0.15) is 5.41 Å². The second kappa shape index (κ2) is 4.05. The van der Waals surface area contributed by atoms with Crippen LogP contribution in [0.2, 0.25) is 0 Å². The molecule has 5 heteroatoms. The molecule has 3 heterocycles. The van der Waals surface area contributed by atoms with Gasteiger partial charge in [-0.25, -0.2) is 0 Å². The molecule has 3 rings (SSSR count). The van der Waals surface area contributed by atoms with Gasteiger partial charge in [-0.05, 0) is 23.9 Å². The Hall–Kier alpha value is -0.910. The third kappa shape index (κ3) is 1.30. The minimum Gasteiger partial charge on any atom is -0.468 e.